The van der Waals surface area contributed by atoms with Crippen LogP contribution in [0.2, 0.25) is 0 Å². The van der Waals surface area contributed by atoms with E-state index in [1.807, 2.05) is 6.07 Å². The third-order valence-corrected chi connectivity index (χ3v) is 11.3. The van der Waals surface area contributed by atoms with Crippen LogP contribution in [0.1, 0.15) is 45.8 Å². The summed E-state index contributed by atoms with van der Waals surface area (Å²) in [4.78, 5) is 53.3. The van der Waals surface area contributed by atoms with Gasteiger partial charge in [-0.15, -0.1) is 9.42 Å². The van der Waals surface area contributed by atoms with Gasteiger partial charge >= 0.3 is 15.0 Å². The molecule has 5 N–H and O–H groups in total. The molecule has 2 unspecified atom stereocenters. The third kappa shape index (κ3) is 9.99. The predicted molar refractivity (Wildman–Crippen MR) is 185 cm³/mol. The zero-order valence-electron chi connectivity index (χ0n) is 28.4. The number of amides is 1. The lowest BCUT2D eigenvalue weighted by Crippen LogP contribution is -2.33. The van der Waals surface area contributed by atoms with Crippen LogP contribution in [0.3, 0.4) is 0 Å². The van der Waals surface area contributed by atoms with Gasteiger partial charge in [0.2, 0.25) is 11.9 Å². The molecule has 0 radical (unpaired) electrons. The van der Waals surface area contributed by atoms with Gasteiger partial charge in [0.1, 0.15) is 18.2 Å². The lowest BCUT2D eigenvalue weighted by atomic mass is 10.0. The summed E-state index contributed by atoms with van der Waals surface area (Å²) in [6.45, 7) is -1.66. The second-order valence-electron chi connectivity index (χ2n) is 12.4. The van der Waals surface area contributed by atoms with E-state index in [0.717, 1.165) is 0 Å². The summed E-state index contributed by atoms with van der Waals surface area (Å²) in [5, 5.41) is 24.2. The number of aromatic nitrogens is 6. The quantitative estimate of drug-likeness (QED) is 0.0915. The predicted octanol–water partition coefficient (Wildman–Crippen LogP) is 2.94. The normalized spacial score (nSPS) is 27.1. The molecule has 0 bridgehead atoms. The molecule has 4 heterocycles. The third-order valence-electron chi connectivity index (χ3n) is 8.45. The Morgan fingerprint density at radius 2 is 2.04 bits per heavy atom. The molecule has 1 saturated carbocycles. The van der Waals surface area contributed by atoms with Gasteiger partial charge in [0.05, 0.1) is 44.2 Å². The van der Waals surface area contributed by atoms with Crippen molar-refractivity contribution in [3.05, 3.63) is 35.3 Å². The summed E-state index contributed by atoms with van der Waals surface area (Å²) in [5.41, 5.74) is -0.957. The molecule has 1 saturated heterocycles. The van der Waals surface area contributed by atoms with Crippen LogP contribution >= 0.6 is 15.0 Å². The number of alkyl halides is 2. The SMILES string of the molecule is CC(C)C(=O)Nc1nc2c(ncn2[C@@H]2O[C@H](CCO)[C@@H](F)[C@H]2OP(=S)(OCCC#N)OCC[C@H]2C[C@@H](Nc3ccncn3)[C@H](F)[C@@H]2O[P+](=O)O)c(=O)[nH]1. The number of nitriles is 1. The minimum Gasteiger partial charge on any atom is -0.396 e. The number of nitrogens with zero attached hydrogens (tertiary/aromatic N) is 6. The Labute approximate surface area is 307 Å². The highest BCUT2D eigenvalue weighted by atomic mass is 32.5. The van der Waals surface area contributed by atoms with Gasteiger partial charge in [0.25, 0.3) is 5.56 Å². The van der Waals surface area contributed by atoms with Gasteiger partial charge in [0.15, 0.2) is 35.8 Å². The molecule has 5 rings (SSSR count). The number of imidazole rings is 1. The van der Waals surface area contributed by atoms with Crippen molar-refractivity contribution < 1.29 is 51.0 Å². The van der Waals surface area contributed by atoms with Crippen molar-refractivity contribution in [2.75, 3.05) is 30.5 Å². The van der Waals surface area contributed by atoms with Crippen molar-refractivity contribution in [3.63, 3.8) is 0 Å². The summed E-state index contributed by atoms with van der Waals surface area (Å²) in [6.07, 6.45) is -5.40. The zero-order valence-corrected chi connectivity index (χ0v) is 31.0. The summed E-state index contributed by atoms with van der Waals surface area (Å²) in [7, 11) is -3.17. The van der Waals surface area contributed by atoms with Crippen LogP contribution in [0.4, 0.5) is 20.5 Å². The van der Waals surface area contributed by atoms with Crippen LogP contribution in [0.15, 0.2) is 29.7 Å². The Hall–Kier alpha value is -3.48. The number of aromatic amines is 1. The molecule has 1 amide bonds. The van der Waals surface area contributed by atoms with Crippen LogP contribution in [-0.2, 0) is 44.0 Å². The van der Waals surface area contributed by atoms with Gasteiger partial charge in [-0.3, -0.25) is 29.0 Å². The van der Waals surface area contributed by atoms with Crippen LogP contribution in [-0.4, -0.2) is 102 Å². The Morgan fingerprint density at radius 1 is 1.26 bits per heavy atom. The molecule has 1 aliphatic carbocycles. The average molecular weight is 805 g/mol. The molecule has 0 aromatic carbocycles. The summed E-state index contributed by atoms with van der Waals surface area (Å²) in [5.74, 6) is -1.41. The van der Waals surface area contributed by atoms with Crippen molar-refractivity contribution in [1.82, 2.24) is 29.5 Å². The molecule has 24 heteroatoms. The van der Waals surface area contributed by atoms with Crippen molar-refractivity contribution in [3.8, 4) is 6.07 Å². The number of fused-ring (bicyclic) bond motifs is 1. The first-order valence-corrected chi connectivity index (χ1v) is 20.1. The van der Waals surface area contributed by atoms with Crippen molar-refractivity contribution in [2.24, 2.45) is 11.8 Å². The van der Waals surface area contributed by atoms with Gasteiger partial charge in [0, 0.05) is 23.3 Å². The second-order valence-corrected chi connectivity index (χ2v) is 16.0. The fraction of sp³-hybridized carbons (Fsp3) is 0.621. The lowest BCUT2D eigenvalue weighted by molar-refractivity contribution is -0.118. The molecular weight excluding hydrogens is 766 g/mol. The van der Waals surface area contributed by atoms with Crippen molar-refractivity contribution in [1.29, 1.82) is 5.26 Å². The van der Waals surface area contributed by atoms with E-state index in [9.17, 15) is 24.2 Å². The monoisotopic (exact) mass is 804 g/mol. The smallest absolute Gasteiger partial charge is 0.396 e. The van der Waals surface area contributed by atoms with E-state index in [0.29, 0.717) is 5.82 Å². The number of carbonyl (C=O) groups is 1. The van der Waals surface area contributed by atoms with E-state index in [4.69, 9.17) is 39.9 Å². The van der Waals surface area contributed by atoms with Crippen molar-refractivity contribution in [2.45, 2.75) is 82.5 Å². The number of halogens is 2. The molecule has 0 spiro atoms. The highest BCUT2D eigenvalue weighted by molar-refractivity contribution is 8.07. The largest absolute Gasteiger partial charge is 0.695 e. The average Bonchev–Trinajstić information content (AvgIpc) is 3.75. The molecular formula is C29H38F2N9O10P2S+. The molecule has 288 valence electrons. The zero-order chi connectivity index (χ0) is 38.3. The molecule has 2 fully saturated rings. The highest BCUT2D eigenvalue weighted by Gasteiger charge is 2.51. The first-order chi connectivity index (χ1) is 25.3. The van der Waals surface area contributed by atoms with E-state index < -0.39 is 87.8 Å². The van der Waals surface area contributed by atoms with Gasteiger partial charge < -0.3 is 24.2 Å². The highest BCUT2D eigenvalue weighted by Crippen LogP contribution is 2.55. The molecule has 53 heavy (non-hydrogen) atoms. The van der Waals surface area contributed by atoms with E-state index >= 15 is 8.78 Å². The number of ether oxygens (including phenoxy) is 1. The topological polar surface area (TPSA) is 258 Å². The number of H-pyrrole nitrogens is 1. The fourth-order valence-corrected chi connectivity index (χ4v) is 8.50. The van der Waals surface area contributed by atoms with E-state index in [1.165, 1.54) is 29.5 Å². The first-order valence-electron chi connectivity index (χ1n) is 16.5. The standard InChI is InChI=1S/C29H37F2N9O10P2S/c1-15(2)26(42)38-29-37-25-22(27(43)39-29)35-14-40(25)28-24(21(31)18(48-28)5-9-41)50-52(53,46-10-3-7-32)47-11-6-16-12-17(20(30)23(16)49-51(44)45)36-19-4-8-33-13-34-19/h4,8,13-18,20-21,23-24,28,41H,3,5-6,9-12H2,1-2H3,(H3-,33,34,36,37,38,39,42,43,44,45)/p+1/t16-,17+,18+,20-,21+,23+,24+,28+,52?/m0/s1. The number of aliphatic hydroxyl groups excluding tert-OH is 1. The number of hydrogen-bond acceptors (Lipinski definition) is 16. The maximum atomic E-state index is 16.2. The van der Waals surface area contributed by atoms with Gasteiger partial charge in [-0.25, -0.2) is 23.7 Å². The second kappa shape index (κ2) is 18.2. The maximum Gasteiger partial charge on any atom is 0.695 e. The lowest BCUT2D eigenvalue weighted by Gasteiger charge is -2.28. The van der Waals surface area contributed by atoms with E-state index in [-0.39, 0.29) is 56.0 Å². The van der Waals surface area contributed by atoms with Crippen LogP contribution in [0, 0.1) is 23.2 Å². The first kappa shape index (κ1) is 40.7. The summed E-state index contributed by atoms with van der Waals surface area (Å²) < 4.78 is 73.3. The molecule has 3 aromatic rings. The van der Waals surface area contributed by atoms with Gasteiger partial charge in [-0.2, -0.15) is 10.2 Å². The van der Waals surface area contributed by atoms with Crippen LogP contribution < -0.4 is 16.2 Å². The van der Waals surface area contributed by atoms with Gasteiger partial charge in [-0.1, -0.05) is 13.8 Å². The number of anilines is 2. The Bertz CT molecular complexity index is 1890. The summed E-state index contributed by atoms with van der Waals surface area (Å²) in [6, 6.07) is 2.59. The number of nitrogens with one attached hydrogen (secondary N) is 3. The number of carbonyl (C=O) groups excluding carboxylic acids is 1. The number of rotatable bonds is 18. The van der Waals surface area contributed by atoms with Crippen LogP contribution in [0.25, 0.3) is 11.2 Å². The van der Waals surface area contributed by atoms with Gasteiger partial charge in [-0.05, 0) is 43.1 Å². The number of hydrogen-bond donors (Lipinski definition) is 5. The molecule has 3 aromatic heterocycles. The Morgan fingerprint density at radius 3 is 2.72 bits per heavy atom. The van der Waals surface area contributed by atoms with Crippen LogP contribution in [0.5, 0.6) is 0 Å². The Balaban J connectivity index is 1.38. The molecule has 1 aliphatic heterocycles. The summed E-state index contributed by atoms with van der Waals surface area (Å²) >= 11 is 5.67. The maximum absolute atomic E-state index is 16.2. The van der Waals surface area contributed by atoms with E-state index in [1.54, 1.807) is 13.8 Å². The minimum absolute atomic E-state index is 0.0279. The molecule has 2 aliphatic rings. The Kier molecular flexibility index (Phi) is 14.0. The molecule has 10 atom stereocenters. The number of aliphatic hydroxyl groups is 1. The molecule has 19 nitrogen and oxygen atoms in total. The minimum atomic E-state index is -3.97. The van der Waals surface area contributed by atoms with Crippen molar-refractivity contribution >= 4 is 55.6 Å². The fourth-order valence-electron chi connectivity index (χ4n) is 5.90. The van der Waals surface area contributed by atoms with E-state index in [2.05, 4.69) is 35.6 Å².